The van der Waals surface area contributed by atoms with Gasteiger partial charge < -0.3 is 4.74 Å². The third-order valence-electron chi connectivity index (χ3n) is 2.51. The zero-order valence-electron chi connectivity index (χ0n) is 8.74. The smallest absolute Gasteiger partial charge is 0.144 e. The summed E-state index contributed by atoms with van der Waals surface area (Å²) in [5, 5.41) is 11.2. The Balaban J connectivity index is 2.92. The van der Waals surface area contributed by atoms with Gasteiger partial charge in [-0.15, -0.1) is 0 Å². The molecule has 0 amide bonds. The van der Waals surface area contributed by atoms with Crippen LogP contribution in [0, 0.1) is 18.3 Å². The molecule has 0 atom stereocenters. The van der Waals surface area contributed by atoms with Gasteiger partial charge in [-0.3, -0.25) is 0 Å². The Hall–Kier alpha value is -2.01. The molecule has 15 heavy (non-hydrogen) atoms. The van der Waals surface area contributed by atoms with Crippen LogP contribution < -0.4 is 4.74 Å². The first-order valence-corrected chi connectivity index (χ1v) is 4.74. The van der Waals surface area contributed by atoms with Crippen LogP contribution in [-0.4, -0.2) is 7.11 Å². The summed E-state index contributed by atoms with van der Waals surface area (Å²) in [6.07, 6.45) is 0. The molecule has 74 valence electrons. The summed E-state index contributed by atoms with van der Waals surface area (Å²) >= 11 is 0. The second-order valence-corrected chi connectivity index (χ2v) is 3.43. The molecule has 0 fully saturated rings. The SMILES string of the molecule is COc1c(C#N)c(C)cc2ccccc12. The van der Waals surface area contributed by atoms with Crippen LogP contribution in [0.25, 0.3) is 10.8 Å². The molecule has 2 aromatic rings. The molecule has 0 bridgehead atoms. The fourth-order valence-electron chi connectivity index (χ4n) is 1.80. The van der Waals surface area contributed by atoms with Crippen LogP contribution in [0.5, 0.6) is 5.75 Å². The Kier molecular flexibility index (Phi) is 2.31. The minimum Gasteiger partial charge on any atom is -0.495 e. The molecule has 2 rings (SSSR count). The van der Waals surface area contributed by atoms with Crippen molar-refractivity contribution in [1.82, 2.24) is 0 Å². The highest BCUT2D eigenvalue weighted by Crippen LogP contribution is 2.31. The summed E-state index contributed by atoms with van der Waals surface area (Å²) in [6, 6.07) is 12.1. The summed E-state index contributed by atoms with van der Waals surface area (Å²) in [6.45, 7) is 1.92. The molecule has 2 nitrogen and oxygen atoms in total. The van der Waals surface area contributed by atoms with Gasteiger partial charge in [0.05, 0.1) is 12.7 Å². The monoisotopic (exact) mass is 197 g/mol. The van der Waals surface area contributed by atoms with E-state index in [4.69, 9.17) is 10.00 Å². The van der Waals surface area contributed by atoms with E-state index >= 15 is 0 Å². The molecule has 0 aliphatic carbocycles. The summed E-state index contributed by atoms with van der Waals surface area (Å²) in [5.41, 5.74) is 1.57. The number of hydrogen-bond acceptors (Lipinski definition) is 2. The summed E-state index contributed by atoms with van der Waals surface area (Å²) < 4.78 is 5.31. The van der Waals surface area contributed by atoms with Crippen molar-refractivity contribution in [2.45, 2.75) is 6.92 Å². The largest absolute Gasteiger partial charge is 0.495 e. The minimum absolute atomic E-state index is 0.621. The minimum atomic E-state index is 0.621. The van der Waals surface area contributed by atoms with E-state index in [-0.39, 0.29) is 0 Å². The molecule has 0 radical (unpaired) electrons. The molecule has 0 unspecified atom stereocenters. The standard InChI is InChI=1S/C13H11NO/c1-9-7-10-5-3-4-6-11(10)13(15-2)12(9)8-14/h3-7H,1-2H3. The zero-order valence-corrected chi connectivity index (χ0v) is 8.74. The van der Waals surface area contributed by atoms with Gasteiger partial charge in [0.1, 0.15) is 11.8 Å². The van der Waals surface area contributed by atoms with Gasteiger partial charge in [0.25, 0.3) is 0 Å². The first-order valence-electron chi connectivity index (χ1n) is 4.74. The quantitative estimate of drug-likeness (QED) is 0.704. The number of aryl methyl sites for hydroxylation is 1. The average molecular weight is 197 g/mol. The van der Waals surface area contributed by atoms with E-state index in [1.165, 1.54) is 0 Å². The summed E-state index contributed by atoms with van der Waals surface area (Å²) in [4.78, 5) is 0. The van der Waals surface area contributed by atoms with Crippen LogP contribution in [0.4, 0.5) is 0 Å². The Bertz CT molecular complexity index is 552. The van der Waals surface area contributed by atoms with Crippen LogP contribution in [0.3, 0.4) is 0 Å². The normalized spacial score (nSPS) is 9.93. The third kappa shape index (κ3) is 1.42. The molecule has 2 aromatic carbocycles. The molecule has 2 heteroatoms. The van der Waals surface area contributed by atoms with Gasteiger partial charge in [-0.05, 0) is 23.9 Å². The predicted molar refractivity (Wildman–Crippen MR) is 60.0 cm³/mol. The molecule has 0 heterocycles. The average Bonchev–Trinajstić information content (AvgIpc) is 2.27. The van der Waals surface area contributed by atoms with Crippen LogP contribution >= 0.6 is 0 Å². The van der Waals surface area contributed by atoms with E-state index in [0.29, 0.717) is 11.3 Å². The van der Waals surface area contributed by atoms with E-state index in [9.17, 15) is 0 Å². The highest BCUT2D eigenvalue weighted by Gasteiger charge is 2.10. The van der Waals surface area contributed by atoms with Crippen LogP contribution in [0.15, 0.2) is 30.3 Å². The fraction of sp³-hybridized carbons (Fsp3) is 0.154. The Morgan fingerprint density at radius 1 is 1.27 bits per heavy atom. The molecule has 0 saturated carbocycles. The van der Waals surface area contributed by atoms with Gasteiger partial charge in [-0.2, -0.15) is 5.26 Å². The van der Waals surface area contributed by atoms with Gasteiger partial charge >= 0.3 is 0 Å². The molecule has 0 saturated heterocycles. The van der Waals surface area contributed by atoms with Gasteiger partial charge in [0.2, 0.25) is 0 Å². The highest BCUT2D eigenvalue weighted by molar-refractivity contribution is 5.91. The molecular weight excluding hydrogens is 186 g/mol. The van der Waals surface area contributed by atoms with E-state index in [2.05, 4.69) is 6.07 Å². The molecule has 0 spiro atoms. The van der Waals surface area contributed by atoms with Crippen molar-refractivity contribution in [3.05, 3.63) is 41.5 Å². The summed E-state index contributed by atoms with van der Waals surface area (Å²) in [7, 11) is 1.60. The maximum Gasteiger partial charge on any atom is 0.144 e. The van der Waals surface area contributed by atoms with Gasteiger partial charge in [0, 0.05) is 5.39 Å². The van der Waals surface area contributed by atoms with E-state index in [1.54, 1.807) is 7.11 Å². The molecule has 0 aliphatic heterocycles. The Labute approximate surface area is 88.7 Å². The maximum atomic E-state index is 9.06. The Morgan fingerprint density at radius 3 is 2.67 bits per heavy atom. The molecule has 0 aliphatic rings. The molecule has 0 aromatic heterocycles. The second kappa shape index (κ2) is 3.62. The number of rotatable bonds is 1. The second-order valence-electron chi connectivity index (χ2n) is 3.43. The summed E-state index contributed by atoms with van der Waals surface area (Å²) in [5.74, 6) is 0.674. The van der Waals surface area contributed by atoms with Crippen molar-refractivity contribution < 1.29 is 4.74 Å². The lowest BCUT2D eigenvalue weighted by atomic mass is 10.0. The lowest BCUT2D eigenvalue weighted by molar-refractivity contribution is 0.418. The van der Waals surface area contributed by atoms with E-state index in [1.807, 2.05) is 37.3 Å². The number of nitriles is 1. The number of benzene rings is 2. The van der Waals surface area contributed by atoms with Crippen molar-refractivity contribution in [1.29, 1.82) is 5.26 Å². The number of ether oxygens (including phenoxy) is 1. The third-order valence-corrected chi connectivity index (χ3v) is 2.51. The maximum absolute atomic E-state index is 9.06. The Morgan fingerprint density at radius 2 is 2.00 bits per heavy atom. The van der Waals surface area contributed by atoms with Gasteiger partial charge in [-0.1, -0.05) is 24.3 Å². The zero-order chi connectivity index (χ0) is 10.8. The van der Waals surface area contributed by atoms with Gasteiger partial charge in [0.15, 0.2) is 0 Å². The number of nitrogens with zero attached hydrogens (tertiary/aromatic N) is 1. The highest BCUT2D eigenvalue weighted by atomic mass is 16.5. The van der Waals surface area contributed by atoms with Crippen LogP contribution in [-0.2, 0) is 0 Å². The lowest BCUT2D eigenvalue weighted by Gasteiger charge is -2.09. The van der Waals surface area contributed by atoms with Gasteiger partial charge in [-0.25, -0.2) is 0 Å². The van der Waals surface area contributed by atoms with Crippen LogP contribution in [0.2, 0.25) is 0 Å². The number of methoxy groups -OCH3 is 1. The van der Waals surface area contributed by atoms with Crippen molar-refractivity contribution in [2.75, 3.05) is 7.11 Å². The number of hydrogen-bond donors (Lipinski definition) is 0. The van der Waals surface area contributed by atoms with Crippen molar-refractivity contribution >= 4 is 10.8 Å². The van der Waals surface area contributed by atoms with Crippen molar-refractivity contribution in [2.24, 2.45) is 0 Å². The predicted octanol–water partition coefficient (Wildman–Crippen LogP) is 3.03. The van der Waals surface area contributed by atoms with Crippen molar-refractivity contribution in [3.63, 3.8) is 0 Å². The molecular formula is C13H11NO. The lowest BCUT2D eigenvalue weighted by Crippen LogP contribution is -1.92. The van der Waals surface area contributed by atoms with E-state index in [0.717, 1.165) is 16.3 Å². The van der Waals surface area contributed by atoms with Crippen molar-refractivity contribution in [3.8, 4) is 11.8 Å². The van der Waals surface area contributed by atoms with E-state index < -0.39 is 0 Å². The topological polar surface area (TPSA) is 33.0 Å². The fourth-order valence-corrected chi connectivity index (χ4v) is 1.80. The molecule has 0 N–H and O–H groups in total. The first-order chi connectivity index (χ1) is 7.27. The van der Waals surface area contributed by atoms with Crippen LogP contribution in [0.1, 0.15) is 11.1 Å². The first kappa shape index (κ1) is 9.54. The number of fused-ring (bicyclic) bond motifs is 1.